The molecular weight excluding hydrogens is 320 g/mol. The fraction of sp³-hybridized carbons (Fsp3) is 0.389. The van der Waals surface area contributed by atoms with E-state index in [1.54, 1.807) is 6.92 Å². The first-order chi connectivity index (χ1) is 12.0. The van der Waals surface area contributed by atoms with E-state index in [4.69, 9.17) is 10.00 Å². The molecule has 2 N–H and O–H groups in total. The summed E-state index contributed by atoms with van der Waals surface area (Å²) in [6.45, 7) is 6.41. The summed E-state index contributed by atoms with van der Waals surface area (Å²) in [7, 11) is 1.90. The quantitative estimate of drug-likeness (QED) is 0.772. The summed E-state index contributed by atoms with van der Waals surface area (Å²) in [5, 5.41) is 14.0. The molecule has 1 aliphatic rings. The topological polar surface area (TPSA) is 94.5 Å². The molecule has 0 radical (unpaired) electrons. The predicted octanol–water partition coefficient (Wildman–Crippen LogP) is 2.08. The van der Waals surface area contributed by atoms with Gasteiger partial charge in [-0.05, 0) is 24.6 Å². The molecule has 1 aliphatic heterocycles. The second kappa shape index (κ2) is 8.20. The summed E-state index contributed by atoms with van der Waals surface area (Å²) in [6.07, 6.45) is 0.438. The number of carbonyl (C=O) groups excluding carboxylic acids is 2. The summed E-state index contributed by atoms with van der Waals surface area (Å²) < 4.78 is 5.12. The van der Waals surface area contributed by atoms with E-state index in [0.717, 1.165) is 11.3 Å². The van der Waals surface area contributed by atoms with E-state index in [1.807, 2.05) is 36.2 Å². The van der Waals surface area contributed by atoms with Gasteiger partial charge >= 0.3 is 12.0 Å². The van der Waals surface area contributed by atoms with E-state index >= 15 is 0 Å². The average molecular weight is 342 g/mol. The summed E-state index contributed by atoms with van der Waals surface area (Å²) in [4.78, 5) is 26.0. The van der Waals surface area contributed by atoms with E-state index in [0.29, 0.717) is 18.7 Å². The smallest absolute Gasteiger partial charge is 0.319 e. The highest BCUT2D eigenvalue weighted by Crippen LogP contribution is 2.31. The van der Waals surface area contributed by atoms with Gasteiger partial charge in [-0.3, -0.25) is 4.79 Å². The fourth-order valence-electron chi connectivity index (χ4n) is 2.75. The van der Waals surface area contributed by atoms with Crippen molar-refractivity contribution in [3.8, 4) is 6.07 Å². The average Bonchev–Trinajstić information content (AvgIpc) is 2.59. The number of rotatable bonds is 6. The number of amides is 2. The highest BCUT2D eigenvalue weighted by atomic mass is 16.5. The maximum Gasteiger partial charge on any atom is 0.319 e. The molecule has 25 heavy (non-hydrogen) atoms. The number of carbonyl (C=O) groups is 2. The maximum atomic E-state index is 12.3. The van der Waals surface area contributed by atoms with Crippen LogP contribution in [0.1, 0.15) is 24.9 Å². The van der Waals surface area contributed by atoms with E-state index in [-0.39, 0.29) is 6.61 Å². The van der Waals surface area contributed by atoms with E-state index in [2.05, 4.69) is 23.3 Å². The lowest BCUT2D eigenvalue weighted by molar-refractivity contribution is -0.147. The Morgan fingerprint density at radius 2 is 2.08 bits per heavy atom. The molecule has 0 saturated carbocycles. The molecule has 0 aromatic heterocycles. The molecule has 1 aromatic rings. The minimum atomic E-state index is -0.695. The van der Waals surface area contributed by atoms with Crippen LogP contribution in [0.4, 0.5) is 10.5 Å². The summed E-state index contributed by atoms with van der Waals surface area (Å²) >= 11 is 0. The summed E-state index contributed by atoms with van der Waals surface area (Å²) in [5.74, 6) is -1.12. The minimum Gasteiger partial charge on any atom is -0.465 e. The van der Waals surface area contributed by atoms with Gasteiger partial charge in [-0.15, -0.1) is 0 Å². The Morgan fingerprint density at radius 3 is 2.68 bits per heavy atom. The Balaban J connectivity index is 2.23. The molecular formula is C18H22N4O3. The van der Waals surface area contributed by atoms with Gasteiger partial charge in [0.1, 0.15) is 5.92 Å². The van der Waals surface area contributed by atoms with Gasteiger partial charge in [-0.2, -0.15) is 5.26 Å². The molecule has 2 atom stereocenters. The first kappa shape index (κ1) is 18.3. The first-order valence-electron chi connectivity index (χ1n) is 8.09. The van der Waals surface area contributed by atoms with Crippen LogP contribution in [0.15, 0.2) is 36.5 Å². The van der Waals surface area contributed by atoms with Crippen molar-refractivity contribution in [2.45, 2.75) is 19.4 Å². The van der Waals surface area contributed by atoms with Gasteiger partial charge in [0.05, 0.1) is 25.1 Å². The van der Waals surface area contributed by atoms with Gasteiger partial charge in [0.2, 0.25) is 0 Å². The molecule has 1 aromatic carbocycles. The van der Waals surface area contributed by atoms with Crippen molar-refractivity contribution in [1.82, 2.24) is 10.6 Å². The van der Waals surface area contributed by atoms with Gasteiger partial charge in [0.25, 0.3) is 0 Å². The zero-order valence-electron chi connectivity index (χ0n) is 14.4. The van der Waals surface area contributed by atoms with Crippen LogP contribution < -0.4 is 15.5 Å². The molecule has 0 bridgehead atoms. The fourth-order valence-corrected chi connectivity index (χ4v) is 2.75. The van der Waals surface area contributed by atoms with Gasteiger partial charge in [0.15, 0.2) is 0 Å². The number of nitrogens with one attached hydrogen (secondary N) is 2. The summed E-state index contributed by atoms with van der Waals surface area (Å²) in [5.41, 5.74) is 2.06. The van der Waals surface area contributed by atoms with Crippen LogP contribution in [0.25, 0.3) is 0 Å². The lowest BCUT2D eigenvalue weighted by Gasteiger charge is -2.33. The molecule has 0 unspecified atom stereocenters. The van der Waals surface area contributed by atoms with Crippen molar-refractivity contribution in [3.05, 3.63) is 42.1 Å². The number of hydrogen-bond acceptors (Lipinski definition) is 5. The van der Waals surface area contributed by atoms with Crippen LogP contribution >= 0.6 is 0 Å². The lowest BCUT2D eigenvalue weighted by Crippen LogP contribution is -2.51. The maximum absolute atomic E-state index is 12.3. The van der Waals surface area contributed by atoms with Gasteiger partial charge in [0, 0.05) is 25.0 Å². The SMILES string of the molecule is C=C1NC(=O)N[C@@H](c2ccc(N(C)CCC#N)cc2)[C@@H]1C(=O)OCC. The largest absolute Gasteiger partial charge is 0.465 e. The van der Waals surface area contributed by atoms with Crippen molar-refractivity contribution >= 4 is 17.7 Å². The van der Waals surface area contributed by atoms with E-state index in [9.17, 15) is 9.59 Å². The van der Waals surface area contributed by atoms with Gasteiger partial charge in [-0.25, -0.2) is 4.79 Å². The number of nitriles is 1. The standard InChI is InChI=1S/C18H22N4O3/c1-4-25-17(23)15-12(2)20-18(24)21-16(15)13-6-8-14(9-7-13)22(3)11-5-10-19/h6-9,15-16H,2,4-5,11H2,1,3H3,(H2,20,21,24)/t15-,16+/m1/s1. The zero-order valence-corrected chi connectivity index (χ0v) is 14.4. The van der Waals surface area contributed by atoms with E-state index in [1.165, 1.54) is 0 Å². The summed E-state index contributed by atoms with van der Waals surface area (Å²) in [6, 6.07) is 8.67. The molecule has 7 heteroatoms. The Bertz CT molecular complexity index is 693. The third-order valence-electron chi connectivity index (χ3n) is 4.06. The highest BCUT2D eigenvalue weighted by molar-refractivity contribution is 5.85. The van der Waals surface area contributed by atoms with Gasteiger partial charge < -0.3 is 20.3 Å². The lowest BCUT2D eigenvalue weighted by atomic mass is 9.89. The Hall–Kier alpha value is -3.01. The normalized spacial score (nSPS) is 19.4. The number of nitrogens with zero attached hydrogens (tertiary/aromatic N) is 2. The van der Waals surface area contributed by atoms with Crippen molar-refractivity contribution in [1.29, 1.82) is 5.26 Å². The molecule has 1 saturated heterocycles. The number of benzene rings is 1. The molecule has 132 valence electrons. The van der Waals surface area contributed by atoms with Crippen LogP contribution in [-0.4, -0.2) is 32.2 Å². The Morgan fingerprint density at radius 1 is 1.40 bits per heavy atom. The van der Waals surface area contributed by atoms with Crippen molar-refractivity contribution < 1.29 is 14.3 Å². The minimum absolute atomic E-state index is 0.256. The number of esters is 1. The number of urea groups is 1. The molecule has 7 nitrogen and oxygen atoms in total. The number of hydrogen-bond donors (Lipinski definition) is 2. The molecule has 2 rings (SSSR count). The second-order valence-corrected chi connectivity index (χ2v) is 5.75. The van der Waals surface area contributed by atoms with Crippen LogP contribution in [0.2, 0.25) is 0 Å². The van der Waals surface area contributed by atoms with Crippen LogP contribution in [0.5, 0.6) is 0 Å². The number of anilines is 1. The number of ether oxygens (including phenoxy) is 1. The molecule has 1 heterocycles. The second-order valence-electron chi connectivity index (χ2n) is 5.75. The molecule has 0 aliphatic carbocycles. The molecule has 2 amide bonds. The molecule has 0 spiro atoms. The van der Waals surface area contributed by atoms with Crippen LogP contribution in [0.3, 0.4) is 0 Å². The third-order valence-corrected chi connectivity index (χ3v) is 4.06. The first-order valence-corrected chi connectivity index (χ1v) is 8.09. The Labute approximate surface area is 147 Å². The third kappa shape index (κ3) is 4.29. The van der Waals surface area contributed by atoms with Crippen molar-refractivity contribution in [3.63, 3.8) is 0 Å². The molecule has 1 fully saturated rings. The van der Waals surface area contributed by atoms with Gasteiger partial charge in [-0.1, -0.05) is 18.7 Å². The van der Waals surface area contributed by atoms with Crippen LogP contribution in [0, 0.1) is 17.2 Å². The Kier molecular flexibility index (Phi) is 6.01. The highest BCUT2D eigenvalue weighted by Gasteiger charge is 2.38. The van der Waals surface area contributed by atoms with E-state index < -0.39 is 24.0 Å². The monoisotopic (exact) mass is 342 g/mol. The van der Waals surface area contributed by atoms with Crippen molar-refractivity contribution in [2.24, 2.45) is 5.92 Å². The van der Waals surface area contributed by atoms with Crippen molar-refractivity contribution in [2.75, 3.05) is 25.1 Å². The predicted molar refractivity (Wildman–Crippen MR) is 93.6 cm³/mol. The van der Waals surface area contributed by atoms with Crippen LogP contribution in [-0.2, 0) is 9.53 Å². The zero-order chi connectivity index (χ0) is 18.4.